The first-order chi connectivity index (χ1) is 15.2. The molecule has 0 aliphatic rings. The average Bonchev–Trinajstić information content (AvgIpc) is 3.26. The van der Waals surface area contributed by atoms with Gasteiger partial charge in [-0.1, -0.05) is 23.8 Å². The zero-order chi connectivity index (χ0) is 23.3. The van der Waals surface area contributed by atoms with Crippen LogP contribution < -0.4 is 20.9 Å². The maximum Gasteiger partial charge on any atom is 0.270 e. The maximum atomic E-state index is 13.1. The van der Waals surface area contributed by atoms with Crippen LogP contribution in [0.1, 0.15) is 16.0 Å². The Hall–Kier alpha value is -3.22. The summed E-state index contributed by atoms with van der Waals surface area (Å²) in [6.45, 7) is 4.18. The number of hydrogen-bond donors (Lipinski definition) is 4. The molecular weight excluding hydrogens is 470 g/mol. The smallest absolute Gasteiger partial charge is 0.270 e. The van der Waals surface area contributed by atoms with Crippen LogP contribution >= 0.6 is 23.6 Å². The summed E-state index contributed by atoms with van der Waals surface area (Å²) in [4.78, 5) is 11.4. The highest BCUT2D eigenvalue weighted by molar-refractivity contribution is 7.93. The molecule has 0 saturated heterocycles. The molecule has 168 valence electrons. The molecule has 0 atom stereocenters. The number of benzene rings is 2. The molecule has 3 aromatic rings. The number of non-ortho nitro benzene ring substituents is 1. The number of thiophene rings is 1. The van der Waals surface area contributed by atoms with Crippen LogP contribution in [-0.2, 0) is 16.6 Å². The van der Waals surface area contributed by atoms with Gasteiger partial charge in [0.15, 0.2) is 5.11 Å². The minimum absolute atomic E-state index is 0.105. The summed E-state index contributed by atoms with van der Waals surface area (Å²) in [5.74, 6) is 0. The molecule has 0 fully saturated rings. The van der Waals surface area contributed by atoms with E-state index < -0.39 is 14.9 Å². The molecule has 3 rings (SSSR count). The lowest BCUT2D eigenvalue weighted by Crippen LogP contribution is -2.38. The van der Waals surface area contributed by atoms with E-state index in [1.54, 1.807) is 30.4 Å². The Bertz CT molecular complexity index is 1240. The molecule has 2 aromatic carbocycles. The van der Waals surface area contributed by atoms with Crippen molar-refractivity contribution in [3.05, 3.63) is 80.0 Å². The highest BCUT2D eigenvalue weighted by atomic mass is 32.2. The van der Waals surface area contributed by atoms with E-state index >= 15 is 0 Å². The van der Waals surface area contributed by atoms with Gasteiger partial charge in [-0.15, -0.1) is 11.3 Å². The van der Waals surface area contributed by atoms with Gasteiger partial charge in [0.05, 0.1) is 22.8 Å². The molecule has 0 spiro atoms. The second-order valence-corrected chi connectivity index (χ2v) is 9.96. The van der Waals surface area contributed by atoms with Crippen molar-refractivity contribution in [2.24, 2.45) is 0 Å². The fourth-order valence-corrected chi connectivity index (χ4v) is 4.91. The molecule has 12 heteroatoms. The number of nitro groups is 1. The van der Waals surface area contributed by atoms with Gasteiger partial charge in [0.1, 0.15) is 4.90 Å². The number of aryl methyl sites for hydroxylation is 2. The number of hydrazine groups is 1. The van der Waals surface area contributed by atoms with Crippen molar-refractivity contribution in [1.29, 1.82) is 0 Å². The summed E-state index contributed by atoms with van der Waals surface area (Å²) in [5.41, 5.74) is 7.30. The maximum absolute atomic E-state index is 13.1. The molecule has 0 aliphatic heterocycles. The second kappa shape index (κ2) is 9.94. The van der Waals surface area contributed by atoms with E-state index in [-0.39, 0.29) is 21.4 Å². The minimum Gasteiger partial charge on any atom is -0.356 e. The van der Waals surface area contributed by atoms with Gasteiger partial charge in [-0.2, -0.15) is 0 Å². The van der Waals surface area contributed by atoms with Crippen molar-refractivity contribution in [3.63, 3.8) is 0 Å². The predicted molar refractivity (Wildman–Crippen MR) is 130 cm³/mol. The topological polar surface area (TPSA) is 125 Å². The lowest BCUT2D eigenvalue weighted by Gasteiger charge is -2.17. The van der Waals surface area contributed by atoms with E-state index in [9.17, 15) is 18.5 Å². The Labute approximate surface area is 195 Å². The van der Waals surface area contributed by atoms with Gasteiger partial charge in [-0.3, -0.25) is 25.7 Å². The lowest BCUT2D eigenvalue weighted by molar-refractivity contribution is -0.385. The summed E-state index contributed by atoms with van der Waals surface area (Å²) >= 11 is 6.78. The molecular formula is C20H21N5O4S3. The first-order valence-electron chi connectivity index (χ1n) is 9.36. The zero-order valence-electron chi connectivity index (χ0n) is 17.2. The number of rotatable bonds is 8. The summed E-state index contributed by atoms with van der Waals surface area (Å²) in [6.07, 6.45) is 0. The molecule has 9 nitrogen and oxygen atoms in total. The number of nitrogens with zero attached hydrogens (tertiary/aromatic N) is 1. The standard InChI is InChI=1S/C20H21N5O4S3/c1-13-5-7-17(14(2)10-13)24-32(28,29)19-11-15(25(26)27)6-8-18(19)22-23-20(30)21-12-16-4-3-9-31-16/h3-11,22,24H,12H2,1-2H3,(H2,21,23,30). The van der Waals surface area contributed by atoms with E-state index in [2.05, 4.69) is 20.9 Å². The second-order valence-electron chi connectivity index (χ2n) is 6.87. The number of anilines is 2. The molecule has 1 heterocycles. The van der Waals surface area contributed by atoms with Gasteiger partial charge in [-0.05, 0) is 55.2 Å². The first-order valence-corrected chi connectivity index (χ1v) is 12.1. The van der Waals surface area contributed by atoms with Crippen LogP contribution in [0.2, 0.25) is 0 Å². The summed E-state index contributed by atoms with van der Waals surface area (Å²) < 4.78 is 28.7. The number of thiocarbonyl (C=S) groups is 1. The molecule has 1 aromatic heterocycles. The van der Waals surface area contributed by atoms with Crippen molar-refractivity contribution in [3.8, 4) is 0 Å². The van der Waals surface area contributed by atoms with Gasteiger partial charge in [0.25, 0.3) is 15.7 Å². The molecule has 0 unspecified atom stereocenters. The van der Waals surface area contributed by atoms with Crippen molar-refractivity contribution in [2.45, 2.75) is 25.3 Å². The first kappa shape index (κ1) is 23.4. The van der Waals surface area contributed by atoms with Gasteiger partial charge >= 0.3 is 0 Å². The van der Waals surface area contributed by atoms with Crippen LogP contribution in [0.3, 0.4) is 0 Å². The lowest BCUT2D eigenvalue weighted by atomic mass is 10.1. The highest BCUT2D eigenvalue weighted by Crippen LogP contribution is 2.29. The van der Waals surface area contributed by atoms with Crippen molar-refractivity contribution < 1.29 is 13.3 Å². The van der Waals surface area contributed by atoms with E-state index in [1.807, 2.05) is 30.5 Å². The summed E-state index contributed by atoms with van der Waals surface area (Å²) in [6, 6.07) is 12.7. The molecule has 0 radical (unpaired) electrons. The number of sulfonamides is 1. The number of hydrogen-bond acceptors (Lipinski definition) is 7. The van der Waals surface area contributed by atoms with E-state index in [4.69, 9.17) is 12.2 Å². The SMILES string of the molecule is Cc1ccc(NS(=O)(=O)c2cc([N+](=O)[O-])ccc2NNC(=S)NCc2cccs2)c(C)c1. The number of nitro benzene ring substituents is 1. The van der Waals surface area contributed by atoms with Gasteiger partial charge < -0.3 is 5.32 Å². The van der Waals surface area contributed by atoms with Gasteiger partial charge in [0.2, 0.25) is 0 Å². The monoisotopic (exact) mass is 491 g/mol. The Kier molecular flexibility index (Phi) is 7.28. The van der Waals surface area contributed by atoms with E-state index in [1.165, 1.54) is 12.1 Å². The third-order valence-electron chi connectivity index (χ3n) is 4.41. The van der Waals surface area contributed by atoms with Crippen molar-refractivity contribution in [1.82, 2.24) is 10.7 Å². The fourth-order valence-electron chi connectivity index (χ4n) is 2.83. The molecule has 4 N–H and O–H groups in total. The minimum atomic E-state index is -4.15. The van der Waals surface area contributed by atoms with E-state index in [0.29, 0.717) is 12.2 Å². The van der Waals surface area contributed by atoms with Crippen molar-refractivity contribution in [2.75, 3.05) is 10.1 Å². The summed E-state index contributed by atoms with van der Waals surface area (Å²) in [7, 11) is -4.15. The van der Waals surface area contributed by atoms with Crippen LogP contribution in [0.5, 0.6) is 0 Å². The fraction of sp³-hybridized carbons (Fsp3) is 0.150. The quantitative estimate of drug-likeness (QED) is 0.211. The number of nitrogens with one attached hydrogen (secondary N) is 4. The normalized spacial score (nSPS) is 10.9. The molecule has 0 amide bonds. The predicted octanol–water partition coefficient (Wildman–Crippen LogP) is 4.07. The Morgan fingerprint density at radius 1 is 1.12 bits per heavy atom. The average molecular weight is 492 g/mol. The van der Waals surface area contributed by atoms with Crippen LogP contribution in [0.25, 0.3) is 0 Å². The van der Waals surface area contributed by atoms with Crippen molar-refractivity contribution >= 4 is 55.8 Å². The van der Waals surface area contributed by atoms with Gasteiger partial charge in [0, 0.05) is 17.0 Å². The van der Waals surface area contributed by atoms with Gasteiger partial charge in [-0.25, -0.2) is 8.42 Å². The molecule has 0 aliphatic carbocycles. The van der Waals surface area contributed by atoms with E-state index in [0.717, 1.165) is 22.1 Å². The highest BCUT2D eigenvalue weighted by Gasteiger charge is 2.23. The molecule has 32 heavy (non-hydrogen) atoms. The third-order valence-corrected chi connectivity index (χ3v) is 6.93. The molecule has 0 saturated carbocycles. The van der Waals surface area contributed by atoms with Crippen LogP contribution in [0.15, 0.2) is 58.8 Å². The van der Waals surface area contributed by atoms with Crippen LogP contribution in [0.4, 0.5) is 17.1 Å². The zero-order valence-corrected chi connectivity index (χ0v) is 19.7. The Balaban J connectivity index is 1.82. The Morgan fingerprint density at radius 2 is 1.88 bits per heavy atom. The summed E-state index contributed by atoms with van der Waals surface area (Å²) in [5, 5.41) is 16.4. The van der Waals surface area contributed by atoms with Crippen LogP contribution in [-0.4, -0.2) is 18.5 Å². The Morgan fingerprint density at radius 3 is 2.53 bits per heavy atom. The van der Waals surface area contributed by atoms with Crippen LogP contribution in [0, 0.1) is 24.0 Å². The molecule has 0 bridgehead atoms. The largest absolute Gasteiger partial charge is 0.356 e. The third kappa shape index (κ3) is 5.93.